The molecular formula is C15H19NO5. The number of benzene rings is 1. The van der Waals surface area contributed by atoms with Gasteiger partial charge in [-0.05, 0) is 26.0 Å². The molecule has 1 atom stereocenters. The maximum absolute atomic E-state index is 11.6. The van der Waals surface area contributed by atoms with Gasteiger partial charge in [-0.15, -0.1) is 0 Å². The largest absolute Gasteiger partial charge is 0.490 e. The number of carbonyl (C=O) groups is 2. The predicted octanol–water partition coefficient (Wildman–Crippen LogP) is 1.70. The average Bonchev–Trinajstić information content (AvgIpc) is 2.46. The number of para-hydroxylation sites is 1. The molecule has 1 aromatic carbocycles. The summed E-state index contributed by atoms with van der Waals surface area (Å²) in [5, 5.41) is 11.2. The second-order valence-corrected chi connectivity index (χ2v) is 4.15. The van der Waals surface area contributed by atoms with Gasteiger partial charge < -0.3 is 19.9 Å². The third kappa shape index (κ3) is 4.83. The fourth-order valence-electron chi connectivity index (χ4n) is 1.65. The smallest absolute Gasteiger partial charge is 0.328 e. The fraction of sp³-hybridized carbons (Fsp3) is 0.333. The highest BCUT2D eigenvalue weighted by atomic mass is 16.5. The van der Waals surface area contributed by atoms with Crippen LogP contribution in [0.5, 0.6) is 11.5 Å². The molecular weight excluding hydrogens is 274 g/mol. The lowest BCUT2D eigenvalue weighted by Crippen LogP contribution is -2.34. The molecule has 0 aliphatic heterocycles. The van der Waals surface area contributed by atoms with Crippen LogP contribution >= 0.6 is 0 Å². The molecule has 0 aliphatic carbocycles. The molecule has 0 heterocycles. The van der Waals surface area contributed by atoms with Crippen LogP contribution < -0.4 is 14.8 Å². The maximum Gasteiger partial charge on any atom is 0.328 e. The topological polar surface area (TPSA) is 84.9 Å². The first-order valence-corrected chi connectivity index (χ1v) is 6.54. The highest BCUT2D eigenvalue weighted by Crippen LogP contribution is 2.33. The molecule has 6 heteroatoms. The minimum Gasteiger partial charge on any atom is -0.490 e. The quantitative estimate of drug-likeness (QED) is 0.747. The van der Waals surface area contributed by atoms with Crippen molar-refractivity contribution in [2.45, 2.75) is 20.0 Å². The van der Waals surface area contributed by atoms with Gasteiger partial charge >= 0.3 is 5.97 Å². The summed E-state index contributed by atoms with van der Waals surface area (Å²) in [7, 11) is 1.52. The van der Waals surface area contributed by atoms with Gasteiger partial charge in [0, 0.05) is 18.7 Å². The molecule has 2 N–H and O–H groups in total. The number of ether oxygens (including phenoxy) is 2. The molecule has 0 fully saturated rings. The van der Waals surface area contributed by atoms with Crippen LogP contribution in [-0.2, 0) is 9.59 Å². The SMILES string of the molecule is CCOc1cccc(/C=C/C(=O)O)c1OC(C)C(=O)NC. The summed E-state index contributed by atoms with van der Waals surface area (Å²) in [4.78, 5) is 22.2. The van der Waals surface area contributed by atoms with Crippen molar-refractivity contribution in [3.05, 3.63) is 29.8 Å². The van der Waals surface area contributed by atoms with Crippen molar-refractivity contribution in [2.24, 2.45) is 0 Å². The van der Waals surface area contributed by atoms with E-state index in [0.717, 1.165) is 6.08 Å². The highest BCUT2D eigenvalue weighted by Gasteiger charge is 2.17. The standard InChI is InChI=1S/C15H19NO5/c1-4-20-12-7-5-6-11(8-9-13(17)18)14(12)21-10(2)15(19)16-3/h5-10H,4H2,1-3H3,(H,16,19)(H,17,18)/b9-8+. The van der Waals surface area contributed by atoms with Crippen molar-refractivity contribution in [1.82, 2.24) is 5.32 Å². The van der Waals surface area contributed by atoms with E-state index in [0.29, 0.717) is 23.7 Å². The van der Waals surface area contributed by atoms with Crippen LogP contribution in [0.1, 0.15) is 19.4 Å². The third-order valence-corrected chi connectivity index (χ3v) is 2.62. The zero-order valence-corrected chi connectivity index (χ0v) is 12.3. The summed E-state index contributed by atoms with van der Waals surface area (Å²) in [6.45, 7) is 3.86. The number of likely N-dealkylation sites (N-methyl/N-ethyl adjacent to an activating group) is 1. The molecule has 1 aromatic rings. The summed E-state index contributed by atoms with van der Waals surface area (Å²) in [5.74, 6) is -0.551. The van der Waals surface area contributed by atoms with E-state index in [4.69, 9.17) is 14.6 Å². The molecule has 0 saturated heterocycles. The number of carboxylic acid groups (broad SMARTS) is 1. The van der Waals surface area contributed by atoms with Crippen molar-refractivity contribution in [3.63, 3.8) is 0 Å². The normalized spacial score (nSPS) is 12.0. The minimum absolute atomic E-state index is 0.283. The van der Waals surface area contributed by atoms with E-state index in [1.807, 2.05) is 6.92 Å². The van der Waals surface area contributed by atoms with Crippen LogP contribution in [0.2, 0.25) is 0 Å². The van der Waals surface area contributed by atoms with E-state index < -0.39 is 12.1 Å². The van der Waals surface area contributed by atoms with Crippen molar-refractivity contribution in [3.8, 4) is 11.5 Å². The Morgan fingerprint density at radius 2 is 2.14 bits per heavy atom. The Morgan fingerprint density at radius 3 is 2.71 bits per heavy atom. The van der Waals surface area contributed by atoms with Crippen molar-refractivity contribution in [1.29, 1.82) is 0 Å². The summed E-state index contributed by atoms with van der Waals surface area (Å²) < 4.78 is 11.1. The first kappa shape index (κ1) is 16.6. The Hall–Kier alpha value is -2.50. The second kappa shape index (κ2) is 7.94. The number of aliphatic carboxylic acids is 1. The van der Waals surface area contributed by atoms with Crippen LogP contribution in [0.25, 0.3) is 6.08 Å². The van der Waals surface area contributed by atoms with E-state index in [9.17, 15) is 9.59 Å². The lowest BCUT2D eigenvalue weighted by atomic mass is 10.1. The van der Waals surface area contributed by atoms with Gasteiger partial charge in [0.25, 0.3) is 5.91 Å². The van der Waals surface area contributed by atoms with Crippen LogP contribution in [0.15, 0.2) is 24.3 Å². The predicted molar refractivity (Wildman–Crippen MR) is 78.4 cm³/mol. The lowest BCUT2D eigenvalue weighted by Gasteiger charge is -2.18. The number of nitrogens with one attached hydrogen (secondary N) is 1. The average molecular weight is 293 g/mol. The molecule has 0 bridgehead atoms. The molecule has 0 saturated carbocycles. The van der Waals surface area contributed by atoms with E-state index in [2.05, 4.69) is 5.32 Å². The van der Waals surface area contributed by atoms with Crippen LogP contribution in [-0.4, -0.2) is 36.7 Å². The Morgan fingerprint density at radius 1 is 1.43 bits per heavy atom. The van der Waals surface area contributed by atoms with E-state index in [1.165, 1.54) is 13.1 Å². The summed E-state index contributed by atoms with van der Waals surface area (Å²) in [5.41, 5.74) is 0.527. The Bertz CT molecular complexity index is 539. The number of carbonyl (C=O) groups excluding carboxylic acids is 1. The van der Waals surface area contributed by atoms with Crippen molar-refractivity contribution >= 4 is 18.0 Å². The highest BCUT2D eigenvalue weighted by molar-refractivity contribution is 5.86. The van der Waals surface area contributed by atoms with Crippen molar-refractivity contribution in [2.75, 3.05) is 13.7 Å². The van der Waals surface area contributed by atoms with Gasteiger partial charge in [-0.2, -0.15) is 0 Å². The van der Waals surface area contributed by atoms with Gasteiger partial charge in [0.2, 0.25) is 0 Å². The first-order chi connectivity index (χ1) is 9.99. The van der Waals surface area contributed by atoms with Crippen LogP contribution in [0.4, 0.5) is 0 Å². The molecule has 0 aliphatic rings. The third-order valence-electron chi connectivity index (χ3n) is 2.62. The minimum atomic E-state index is -1.07. The lowest BCUT2D eigenvalue weighted by molar-refractivity contribution is -0.131. The van der Waals surface area contributed by atoms with Gasteiger partial charge in [0.1, 0.15) is 0 Å². The summed E-state index contributed by atoms with van der Waals surface area (Å²) in [6.07, 6.45) is 1.67. The van der Waals surface area contributed by atoms with Crippen molar-refractivity contribution < 1.29 is 24.2 Å². The van der Waals surface area contributed by atoms with Crippen LogP contribution in [0, 0.1) is 0 Å². The van der Waals surface area contributed by atoms with Gasteiger partial charge in [-0.1, -0.05) is 12.1 Å². The number of amides is 1. The maximum atomic E-state index is 11.6. The fourth-order valence-corrected chi connectivity index (χ4v) is 1.65. The zero-order valence-electron chi connectivity index (χ0n) is 12.3. The van der Waals surface area contributed by atoms with E-state index in [1.54, 1.807) is 25.1 Å². The van der Waals surface area contributed by atoms with Gasteiger partial charge in [-0.25, -0.2) is 4.79 Å². The molecule has 0 aromatic heterocycles. The van der Waals surface area contributed by atoms with E-state index in [-0.39, 0.29) is 5.91 Å². The van der Waals surface area contributed by atoms with Gasteiger partial charge in [0.15, 0.2) is 17.6 Å². The number of carboxylic acids is 1. The first-order valence-electron chi connectivity index (χ1n) is 6.54. The number of hydrogen-bond donors (Lipinski definition) is 2. The molecule has 1 rings (SSSR count). The van der Waals surface area contributed by atoms with E-state index >= 15 is 0 Å². The number of rotatable bonds is 7. The zero-order chi connectivity index (χ0) is 15.8. The molecule has 0 radical (unpaired) electrons. The Labute approximate surface area is 123 Å². The van der Waals surface area contributed by atoms with Crippen LogP contribution in [0.3, 0.4) is 0 Å². The Kier molecular flexibility index (Phi) is 6.26. The second-order valence-electron chi connectivity index (χ2n) is 4.15. The summed E-state index contributed by atoms with van der Waals surface area (Å²) >= 11 is 0. The monoisotopic (exact) mass is 293 g/mol. The molecule has 114 valence electrons. The number of hydrogen-bond acceptors (Lipinski definition) is 4. The molecule has 0 spiro atoms. The summed E-state index contributed by atoms with van der Waals surface area (Å²) in [6, 6.07) is 5.12. The molecule has 21 heavy (non-hydrogen) atoms. The van der Waals surface area contributed by atoms with Gasteiger partial charge in [-0.3, -0.25) is 4.79 Å². The van der Waals surface area contributed by atoms with Gasteiger partial charge in [0.05, 0.1) is 6.61 Å². The molecule has 1 amide bonds. The Balaban J connectivity index is 3.16. The molecule has 1 unspecified atom stereocenters. The molecule has 6 nitrogen and oxygen atoms in total.